The number of anilines is 2. The van der Waals surface area contributed by atoms with Gasteiger partial charge in [-0.3, -0.25) is 9.59 Å². The standard InChI is InChI=1S/C17H21N3O2S/c1-3-11(2)15(18)17(22)20-13-7-4-6-12(10-13)19-16(21)14-8-5-9-23-14/h4-11,15H,3,18H2,1-2H3,(H,19,21)(H,20,22). The summed E-state index contributed by atoms with van der Waals surface area (Å²) in [6.45, 7) is 3.94. The highest BCUT2D eigenvalue weighted by atomic mass is 32.1. The summed E-state index contributed by atoms with van der Waals surface area (Å²) in [5.41, 5.74) is 7.15. The molecule has 0 saturated carbocycles. The van der Waals surface area contributed by atoms with E-state index < -0.39 is 6.04 Å². The zero-order valence-electron chi connectivity index (χ0n) is 13.2. The Morgan fingerprint density at radius 3 is 2.48 bits per heavy atom. The Morgan fingerprint density at radius 1 is 1.17 bits per heavy atom. The van der Waals surface area contributed by atoms with Gasteiger partial charge in [-0.2, -0.15) is 0 Å². The van der Waals surface area contributed by atoms with Crippen LogP contribution in [0.25, 0.3) is 0 Å². The topological polar surface area (TPSA) is 84.2 Å². The molecule has 1 aromatic heterocycles. The summed E-state index contributed by atoms with van der Waals surface area (Å²) in [5.74, 6) is -0.280. The Morgan fingerprint density at radius 2 is 1.87 bits per heavy atom. The van der Waals surface area contributed by atoms with E-state index in [9.17, 15) is 9.59 Å². The third-order valence-corrected chi connectivity index (χ3v) is 4.56. The molecule has 0 aliphatic rings. The number of nitrogens with two attached hydrogens (primary N) is 1. The van der Waals surface area contributed by atoms with Crippen LogP contribution in [0, 0.1) is 5.92 Å². The minimum Gasteiger partial charge on any atom is -0.325 e. The van der Waals surface area contributed by atoms with E-state index in [0.717, 1.165) is 6.42 Å². The van der Waals surface area contributed by atoms with E-state index in [2.05, 4.69) is 10.6 Å². The smallest absolute Gasteiger partial charge is 0.265 e. The fraction of sp³-hybridized carbons (Fsp3) is 0.294. The third kappa shape index (κ3) is 4.64. The van der Waals surface area contributed by atoms with Crippen LogP contribution in [0.3, 0.4) is 0 Å². The molecular formula is C17H21N3O2S. The van der Waals surface area contributed by atoms with Crippen molar-refractivity contribution in [3.8, 4) is 0 Å². The van der Waals surface area contributed by atoms with Crippen molar-refractivity contribution in [2.75, 3.05) is 10.6 Å². The van der Waals surface area contributed by atoms with E-state index in [0.29, 0.717) is 16.3 Å². The first-order valence-electron chi connectivity index (χ1n) is 7.52. The van der Waals surface area contributed by atoms with Crippen LogP contribution in [0.1, 0.15) is 29.9 Å². The lowest BCUT2D eigenvalue weighted by molar-refractivity contribution is -0.118. The Bertz CT molecular complexity index is 670. The quantitative estimate of drug-likeness (QED) is 0.759. The van der Waals surface area contributed by atoms with Crippen molar-refractivity contribution in [3.05, 3.63) is 46.7 Å². The van der Waals surface area contributed by atoms with Crippen LogP contribution in [0.15, 0.2) is 41.8 Å². The molecule has 4 N–H and O–H groups in total. The van der Waals surface area contributed by atoms with Crippen LogP contribution in [-0.2, 0) is 4.79 Å². The maximum atomic E-state index is 12.1. The molecule has 0 saturated heterocycles. The molecule has 23 heavy (non-hydrogen) atoms. The normalized spacial score (nSPS) is 13.2. The Labute approximate surface area is 139 Å². The van der Waals surface area contributed by atoms with Crippen LogP contribution < -0.4 is 16.4 Å². The molecular weight excluding hydrogens is 310 g/mol. The lowest BCUT2D eigenvalue weighted by Gasteiger charge is -2.18. The number of rotatable bonds is 6. The summed E-state index contributed by atoms with van der Waals surface area (Å²) < 4.78 is 0. The van der Waals surface area contributed by atoms with Crippen LogP contribution in [-0.4, -0.2) is 17.9 Å². The molecule has 2 amide bonds. The molecule has 2 unspecified atom stereocenters. The minimum absolute atomic E-state index is 0.108. The molecule has 1 aromatic carbocycles. The molecule has 0 spiro atoms. The highest BCUT2D eigenvalue weighted by molar-refractivity contribution is 7.12. The number of amides is 2. The summed E-state index contributed by atoms with van der Waals surface area (Å²) in [7, 11) is 0. The van der Waals surface area contributed by atoms with Gasteiger partial charge < -0.3 is 16.4 Å². The maximum Gasteiger partial charge on any atom is 0.265 e. The average molecular weight is 331 g/mol. The second kappa shape index (κ2) is 7.89. The average Bonchev–Trinajstić information content (AvgIpc) is 3.08. The highest BCUT2D eigenvalue weighted by Crippen LogP contribution is 2.18. The lowest BCUT2D eigenvalue weighted by Crippen LogP contribution is -2.40. The molecule has 0 aliphatic heterocycles. The molecule has 122 valence electrons. The Kier molecular flexibility index (Phi) is 5.90. The number of thiophene rings is 1. The number of hydrogen-bond donors (Lipinski definition) is 3. The Hall–Kier alpha value is -2.18. The summed E-state index contributed by atoms with van der Waals surface area (Å²) in [5, 5.41) is 7.45. The predicted molar refractivity (Wildman–Crippen MR) is 94.8 cm³/mol. The van der Waals surface area contributed by atoms with E-state index >= 15 is 0 Å². The van der Waals surface area contributed by atoms with Gasteiger partial charge in [0.2, 0.25) is 5.91 Å². The number of carbonyl (C=O) groups excluding carboxylic acids is 2. The van der Waals surface area contributed by atoms with Crippen molar-refractivity contribution in [1.29, 1.82) is 0 Å². The van der Waals surface area contributed by atoms with Crippen molar-refractivity contribution >= 4 is 34.5 Å². The van der Waals surface area contributed by atoms with Gasteiger partial charge in [0.05, 0.1) is 10.9 Å². The monoisotopic (exact) mass is 331 g/mol. The summed E-state index contributed by atoms with van der Waals surface area (Å²) in [4.78, 5) is 24.8. The number of benzene rings is 1. The van der Waals surface area contributed by atoms with Crippen molar-refractivity contribution in [2.24, 2.45) is 11.7 Å². The van der Waals surface area contributed by atoms with Gasteiger partial charge >= 0.3 is 0 Å². The van der Waals surface area contributed by atoms with Gasteiger partial charge in [0.15, 0.2) is 0 Å². The first kappa shape index (κ1) is 17.2. The van der Waals surface area contributed by atoms with Crippen molar-refractivity contribution in [2.45, 2.75) is 26.3 Å². The second-order valence-electron chi connectivity index (χ2n) is 5.41. The molecule has 5 nitrogen and oxygen atoms in total. The first-order valence-corrected chi connectivity index (χ1v) is 8.40. The van der Waals surface area contributed by atoms with Gasteiger partial charge in [0, 0.05) is 11.4 Å². The van der Waals surface area contributed by atoms with Crippen molar-refractivity contribution in [3.63, 3.8) is 0 Å². The van der Waals surface area contributed by atoms with Gasteiger partial charge in [-0.1, -0.05) is 32.4 Å². The van der Waals surface area contributed by atoms with Gasteiger partial charge in [-0.15, -0.1) is 11.3 Å². The van der Waals surface area contributed by atoms with Crippen LogP contribution in [0.5, 0.6) is 0 Å². The van der Waals surface area contributed by atoms with Gasteiger partial charge in [0.1, 0.15) is 0 Å². The predicted octanol–water partition coefficient (Wildman–Crippen LogP) is 3.31. The van der Waals surface area contributed by atoms with E-state index in [1.165, 1.54) is 11.3 Å². The number of nitrogens with one attached hydrogen (secondary N) is 2. The minimum atomic E-state index is -0.552. The maximum absolute atomic E-state index is 12.1. The first-order chi connectivity index (χ1) is 11.0. The van der Waals surface area contributed by atoms with Crippen molar-refractivity contribution < 1.29 is 9.59 Å². The third-order valence-electron chi connectivity index (χ3n) is 3.69. The number of carbonyl (C=O) groups is 2. The molecule has 0 fully saturated rings. The highest BCUT2D eigenvalue weighted by Gasteiger charge is 2.19. The fourth-order valence-electron chi connectivity index (χ4n) is 2.01. The molecule has 0 bridgehead atoms. The van der Waals surface area contributed by atoms with E-state index in [-0.39, 0.29) is 17.7 Å². The van der Waals surface area contributed by atoms with Crippen LogP contribution in [0.4, 0.5) is 11.4 Å². The fourth-order valence-corrected chi connectivity index (χ4v) is 2.63. The van der Waals surface area contributed by atoms with E-state index in [4.69, 9.17) is 5.73 Å². The SMILES string of the molecule is CCC(C)C(N)C(=O)Nc1cccc(NC(=O)c2cccs2)c1. The van der Waals surface area contributed by atoms with E-state index in [1.807, 2.05) is 25.3 Å². The molecule has 2 rings (SSSR count). The second-order valence-corrected chi connectivity index (χ2v) is 6.36. The zero-order valence-corrected chi connectivity index (χ0v) is 14.0. The molecule has 0 aliphatic carbocycles. The largest absolute Gasteiger partial charge is 0.325 e. The van der Waals surface area contributed by atoms with Crippen molar-refractivity contribution in [1.82, 2.24) is 0 Å². The molecule has 0 radical (unpaired) electrons. The molecule has 2 atom stereocenters. The number of hydrogen-bond acceptors (Lipinski definition) is 4. The van der Waals surface area contributed by atoms with Gasteiger partial charge in [-0.25, -0.2) is 0 Å². The van der Waals surface area contributed by atoms with Gasteiger partial charge in [-0.05, 0) is 35.6 Å². The Balaban J connectivity index is 2.02. The zero-order chi connectivity index (χ0) is 16.8. The lowest BCUT2D eigenvalue weighted by atomic mass is 9.99. The molecule has 2 aromatic rings. The summed E-state index contributed by atoms with van der Waals surface area (Å²) >= 11 is 1.38. The van der Waals surface area contributed by atoms with Crippen LogP contribution >= 0.6 is 11.3 Å². The van der Waals surface area contributed by atoms with Gasteiger partial charge in [0.25, 0.3) is 5.91 Å². The summed E-state index contributed by atoms with van der Waals surface area (Å²) in [6.07, 6.45) is 0.839. The van der Waals surface area contributed by atoms with E-state index in [1.54, 1.807) is 30.3 Å². The molecule has 1 heterocycles. The molecule has 6 heteroatoms. The summed E-state index contributed by atoms with van der Waals surface area (Å²) in [6, 6.07) is 10.1. The van der Waals surface area contributed by atoms with Crippen LogP contribution in [0.2, 0.25) is 0 Å².